The first-order valence-corrected chi connectivity index (χ1v) is 7.53. The Morgan fingerprint density at radius 3 is 2.91 bits per heavy atom. The van der Waals surface area contributed by atoms with Gasteiger partial charge in [-0.1, -0.05) is 18.2 Å². The smallest absolute Gasteiger partial charge is 0.123 e. The second kappa shape index (κ2) is 6.49. The van der Waals surface area contributed by atoms with Gasteiger partial charge in [-0.2, -0.15) is 5.26 Å². The molecule has 0 saturated heterocycles. The highest BCUT2D eigenvalue weighted by Gasteiger charge is 2.41. The lowest BCUT2D eigenvalue weighted by molar-refractivity contribution is -0.0128. The Morgan fingerprint density at radius 2 is 2.17 bits per heavy atom. The molecule has 0 bridgehead atoms. The summed E-state index contributed by atoms with van der Waals surface area (Å²) in [5.41, 5.74) is 2.48. The van der Waals surface area contributed by atoms with Gasteiger partial charge in [0.1, 0.15) is 11.4 Å². The predicted molar refractivity (Wildman–Crippen MR) is 86.3 cm³/mol. The molecular formula is C19H19FN2O. The third kappa shape index (κ3) is 2.86. The fraction of sp³-hybridized carbons (Fsp3) is 0.316. The lowest BCUT2D eigenvalue weighted by atomic mass is 9.81. The summed E-state index contributed by atoms with van der Waals surface area (Å²) in [6.07, 6.45) is 1.11. The van der Waals surface area contributed by atoms with Crippen molar-refractivity contribution >= 4 is 0 Å². The van der Waals surface area contributed by atoms with Crippen LogP contribution in [-0.2, 0) is 16.9 Å². The first-order chi connectivity index (χ1) is 12.3. The molecule has 2 aromatic rings. The van der Waals surface area contributed by atoms with Crippen molar-refractivity contribution in [2.75, 3.05) is 13.5 Å². The molecule has 23 heavy (non-hydrogen) atoms. The van der Waals surface area contributed by atoms with Crippen molar-refractivity contribution < 1.29 is 13.2 Å². The molecule has 1 heterocycles. The van der Waals surface area contributed by atoms with Gasteiger partial charge in [0.25, 0.3) is 0 Å². The van der Waals surface area contributed by atoms with Crippen LogP contribution in [-0.4, -0.2) is 13.5 Å². The molecule has 1 aliphatic rings. The number of rotatable bonds is 5. The second-order valence-electron chi connectivity index (χ2n) is 5.64. The Kier molecular flexibility index (Phi) is 3.45. The van der Waals surface area contributed by atoms with Gasteiger partial charge < -0.3 is 10.1 Å². The average molecular weight is 313 g/mol. The number of nitrogens with zero attached hydrogens (tertiary/aromatic N) is 1. The molecule has 0 saturated carbocycles. The van der Waals surface area contributed by atoms with Crippen molar-refractivity contribution in [3.63, 3.8) is 0 Å². The highest BCUT2D eigenvalue weighted by atomic mass is 19.1. The molecule has 3 rings (SSSR count). The van der Waals surface area contributed by atoms with E-state index >= 15 is 0 Å². The number of benzene rings is 2. The largest absolute Gasteiger partial charge is 0.361 e. The van der Waals surface area contributed by atoms with Crippen LogP contribution in [0.15, 0.2) is 42.5 Å². The van der Waals surface area contributed by atoms with Gasteiger partial charge in [-0.05, 0) is 67.3 Å². The molecule has 4 heteroatoms. The van der Waals surface area contributed by atoms with E-state index in [1.807, 2.05) is 6.07 Å². The van der Waals surface area contributed by atoms with E-state index in [4.69, 9.17) is 14.1 Å². The summed E-state index contributed by atoms with van der Waals surface area (Å²) in [6.45, 7) is -1.51. The number of fused-ring (bicyclic) bond motifs is 1. The minimum Gasteiger partial charge on any atom is -0.361 e. The summed E-state index contributed by atoms with van der Waals surface area (Å²) in [5, 5.41) is 11.6. The van der Waals surface area contributed by atoms with Gasteiger partial charge in [0.2, 0.25) is 0 Å². The predicted octanol–water partition coefficient (Wildman–Crippen LogP) is 3.47. The van der Waals surface area contributed by atoms with E-state index in [0.717, 1.165) is 16.7 Å². The summed E-state index contributed by atoms with van der Waals surface area (Å²) < 4.78 is 41.3. The molecule has 0 amide bonds. The molecular weight excluding hydrogens is 291 g/mol. The van der Waals surface area contributed by atoms with E-state index in [2.05, 4.69) is 11.4 Å². The molecule has 0 spiro atoms. The molecule has 2 aromatic carbocycles. The van der Waals surface area contributed by atoms with E-state index in [1.165, 1.54) is 12.1 Å². The van der Waals surface area contributed by atoms with Crippen molar-refractivity contribution in [1.29, 1.82) is 5.26 Å². The first kappa shape index (κ1) is 12.2. The van der Waals surface area contributed by atoms with Crippen molar-refractivity contribution in [3.8, 4) is 6.07 Å². The Hall–Kier alpha value is -2.22. The molecule has 0 fully saturated rings. The monoisotopic (exact) mass is 313 g/mol. The van der Waals surface area contributed by atoms with Crippen molar-refractivity contribution in [2.45, 2.75) is 25.0 Å². The van der Waals surface area contributed by atoms with Crippen LogP contribution in [0.3, 0.4) is 0 Å². The first-order valence-electron chi connectivity index (χ1n) is 9.03. The van der Waals surface area contributed by atoms with Gasteiger partial charge in [-0.15, -0.1) is 0 Å². The van der Waals surface area contributed by atoms with Gasteiger partial charge in [0.05, 0.1) is 18.2 Å². The van der Waals surface area contributed by atoms with Crippen LogP contribution >= 0.6 is 0 Å². The zero-order chi connectivity index (χ0) is 18.8. The quantitative estimate of drug-likeness (QED) is 0.860. The van der Waals surface area contributed by atoms with E-state index in [9.17, 15) is 4.39 Å². The number of hydrogen-bond donors (Lipinski definition) is 1. The zero-order valence-corrected chi connectivity index (χ0v) is 12.6. The fourth-order valence-corrected chi connectivity index (χ4v) is 3.19. The number of hydrogen-bond acceptors (Lipinski definition) is 3. The van der Waals surface area contributed by atoms with Gasteiger partial charge in [-0.3, -0.25) is 0 Å². The highest BCUT2D eigenvalue weighted by Crippen LogP contribution is 2.45. The van der Waals surface area contributed by atoms with Crippen LogP contribution in [0, 0.1) is 17.1 Å². The topological polar surface area (TPSA) is 45.0 Å². The van der Waals surface area contributed by atoms with Crippen molar-refractivity contribution in [3.05, 3.63) is 70.5 Å². The molecule has 0 radical (unpaired) electrons. The maximum absolute atomic E-state index is 13.4. The SMILES string of the molecule is [2H]C([2H])([2H])NCCC[C@@]1(c2ccc(F)cc2)OCc2cc(C#N)ccc21. The van der Waals surface area contributed by atoms with Crippen LogP contribution in [0.5, 0.6) is 0 Å². The van der Waals surface area contributed by atoms with Gasteiger partial charge in [0.15, 0.2) is 0 Å². The summed E-state index contributed by atoms with van der Waals surface area (Å²) >= 11 is 0. The lowest BCUT2D eigenvalue weighted by Crippen LogP contribution is -2.28. The fourth-order valence-electron chi connectivity index (χ4n) is 3.19. The van der Waals surface area contributed by atoms with E-state index in [0.29, 0.717) is 31.6 Å². The molecule has 0 unspecified atom stereocenters. The average Bonchev–Trinajstić information content (AvgIpc) is 2.97. The minimum absolute atomic E-state index is 0.314. The lowest BCUT2D eigenvalue weighted by Gasteiger charge is -2.30. The van der Waals surface area contributed by atoms with Crippen LogP contribution in [0.25, 0.3) is 0 Å². The molecule has 1 N–H and O–H groups in total. The Bertz CT molecular complexity index is 830. The van der Waals surface area contributed by atoms with E-state index in [-0.39, 0.29) is 5.82 Å². The Morgan fingerprint density at radius 1 is 1.35 bits per heavy atom. The van der Waals surface area contributed by atoms with E-state index in [1.54, 1.807) is 24.3 Å². The molecule has 1 aliphatic heterocycles. The third-order valence-electron chi connectivity index (χ3n) is 4.28. The summed E-state index contributed by atoms with van der Waals surface area (Å²) in [7, 11) is 0. The second-order valence-corrected chi connectivity index (χ2v) is 5.64. The maximum Gasteiger partial charge on any atom is 0.123 e. The summed E-state index contributed by atoms with van der Waals surface area (Å²) in [5.74, 6) is -0.328. The molecule has 118 valence electrons. The highest BCUT2D eigenvalue weighted by molar-refractivity contribution is 5.47. The standard InChI is InChI=1S/C19H19FN2O/c1-22-10-2-9-19(16-4-6-17(20)7-5-16)18-8-3-14(12-21)11-15(18)13-23-19/h3-8,11,22H,2,9-10,13H2,1H3/t19-/m0/s1/i1D3. The summed E-state index contributed by atoms with van der Waals surface area (Å²) in [4.78, 5) is 0. The van der Waals surface area contributed by atoms with Crippen molar-refractivity contribution in [2.24, 2.45) is 0 Å². The zero-order valence-electron chi connectivity index (χ0n) is 15.6. The van der Waals surface area contributed by atoms with Crippen LogP contribution < -0.4 is 5.32 Å². The molecule has 0 aliphatic carbocycles. The number of nitrogens with one attached hydrogen (secondary N) is 1. The minimum atomic E-state index is -2.18. The molecule has 3 nitrogen and oxygen atoms in total. The number of ether oxygens (including phenoxy) is 1. The van der Waals surface area contributed by atoms with Crippen LogP contribution in [0.4, 0.5) is 4.39 Å². The normalized spacial score (nSPS) is 21.8. The number of halogens is 1. The molecule has 1 atom stereocenters. The van der Waals surface area contributed by atoms with Gasteiger partial charge in [0, 0.05) is 4.11 Å². The maximum atomic E-state index is 13.4. The number of nitriles is 1. The Labute approximate surface area is 139 Å². The van der Waals surface area contributed by atoms with Crippen molar-refractivity contribution in [1.82, 2.24) is 5.32 Å². The van der Waals surface area contributed by atoms with Gasteiger partial charge >= 0.3 is 0 Å². The van der Waals surface area contributed by atoms with Gasteiger partial charge in [-0.25, -0.2) is 4.39 Å². The summed E-state index contributed by atoms with van der Waals surface area (Å²) in [6, 6.07) is 13.7. The van der Waals surface area contributed by atoms with E-state index < -0.39 is 12.6 Å². The Balaban J connectivity index is 1.92. The molecule has 0 aromatic heterocycles. The van der Waals surface area contributed by atoms with Crippen LogP contribution in [0.1, 0.15) is 39.2 Å². The van der Waals surface area contributed by atoms with Crippen LogP contribution in [0.2, 0.25) is 0 Å². The third-order valence-corrected chi connectivity index (χ3v) is 4.28.